The van der Waals surface area contributed by atoms with Crippen LogP contribution in [0.25, 0.3) is 0 Å². The monoisotopic (exact) mass is 759 g/mol. The van der Waals surface area contributed by atoms with Crippen LogP contribution < -0.4 is 0 Å². The standard InChI is InChI=1S/C41H76NO9P/c1-6-8-10-12-14-15-16-17-18-20-24-28-32-40(44)48-36-39(37-50-52(46,47)49-35-34-42(3,4)5)51-41(45)33-29-25-21-23-27-31-38(43)30-26-22-19-13-11-9-7-2/h19,22,26,30,39H,6-18,20-21,23-25,27-29,31-37H2,1-5H3/p+1/b22-19-,30-26+/t39-/m1/s1. The summed E-state index contributed by atoms with van der Waals surface area (Å²) in [5, 5.41) is 0. The summed E-state index contributed by atoms with van der Waals surface area (Å²) in [7, 11) is 1.40. The number of esters is 2. The second-order valence-electron chi connectivity index (χ2n) is 15.1. The molecule has 0 aliphatic carbocycles. The molecule has 0 rings (SSSR count). The number of unbranched alkanes of at least 4 members (excludes halogenated alkanes) is 18. The Morgan fingerprint density at radius 1 is 0.635 bits per heavy atom. The molecule has 11 heteroatoms. The van der Waals surface area contributed by atoms with Crippen molar-refractivity contribution in [1.29, 1.82) is 0 Å². The largest absolute Gasteiger partial charge is 0.472 e. The van der Waals surface area contributed by atoms with Crippen LogP contribution in [0.15, 0.2) is 24.3 Å². The van der Waals surface area contributed by atoms with Gasteiger partial charge in [-0.15, -0.1) is 0 Å². The van der Waals surface area contributed by atoms with E-state index in [4.69, 9.17) is 18.5 Å². The summed E-state index contributed by atoms with van der Waals surface area (Å²) in [5.74, 6) is -0.768. The molecule has 0 aliphatic rings. The maximum absolute atomic E-state index is 12.6. The molecule has 0 spiro atoms. The number of rotatable bonds is 37. The van der Waals surface area contributed by atoms with Gasteiger partial charge in [-0.25, -0.2) is 4.57 Å². The van der Waals surface area contributed by atoms with Crippen LogP contribution in [-0.4, -0.2) is 80.7 Å². The Labute approximate surface area is 317 Å². The summed E-state index contributed by atoms with van der Waals surface area (Å²) in [4.78, 5) is 47.3. The van der Waals surface area contributed by atoms with E-state index in [2.05, 4.69) is 19.9 Å². The number of phosphoric ester groups is 1. The number of allylic oxidation sites excluding steroid dienone is 4. The van der Waals surface area contributed by atoms with Crippen LogP contribution in [0.5, 0.6) is 0 Å². The number of quaternary nitrogens is 1. The molecule has 0 aliphatic heterocycles. The number of carbonyl (C=O) groups is 3. The molecule has 0 heterocycles. The van der Waals surface area contributed by atoms with Gasteiger partial charge < -0.3 is 18.9 Å². The second-order valence-corrected chi connectivity index (χ2v) is 16.5. The highest BCUT2D eigenvalue weighted by Crippen LogP contribution is 2.43. The van der Waals surface area contributed by atoms with Crippen molar-refractivity contribution in [2.24, 2.45) is 0 Å². The zero-order chi connectivity index (χ0) is 38.8. The molecule has 0 aromatic heterocycles. The van der Waals surface area contributed by atoms with Crippen molar-refractivity contribution >= 4 is 25.5 Å². The van der Waals surface area contributed by atoms with Gasteiger partial charge in [0.05, 0.1) is 27.7 Å². The van der Waals surface area contributed by atoms with Crippen LogP contribution in [0.2, 0.25) is 0 Å². The van der Waals surface area contributed by atoms with Crippen LogP contribution in [-0.2, 0) is 37.5 Å². The Kier molecular flexibility index (Phi) is 32.5. The first-order valence-corrected chi connectivity index (χ1v) is 22.0. The fourth-order valence-corrected chi connectivity index (χ4v) is 6.15. The highest BCUT2D eigenvalue weighted by atomic mass is 31.2. The fourth-order valence-electron chi connectivity index (χ4n) is 5.41. The molecule has 0 amide bonds. The van der Waals surface area contributed by atoms with Crippen LogP contribution in [0, 0.1) is 0 Å². The lowest BCUT2D eigenvalue weighted by Crippen LogP contribution is -2.37. The molecule has 52 heavy (non-hydrogen) atoms. The molecular weight excluding hydrogens is 681 g/mol. The molecular formula is C41H77NO9P+. The maximum Gasteiger partial charge on any atom is 0.472 e. The van der Waals surface area contributed by atoms with Crippen LogP contribution in [0.4, 0.5) is 0 Å². The maximum atomic E-state index is 12.6. The van der Waals surface area contributed by atoms with E-state index in [-0.39, 0.29) is 31.8 Å². The van der Waals surface area contributed by atoms with Gasteiger partial charge in [-0.05, 0) is 38.2 Å². The number of phosphoric acid groups is 1. The number of ether oxygens (including phenoxy) is 2. The Hall–Kier alpha value is -1.84. The molecule has 1 unspecified atom stereocenters. The van der Waals surface area contributed by atoms with Crippen molar-refractivity contribution in [3.63, 3.8) is 0 Å². The fraction of sp³-hybridized carbons (Fsp3) is 0.829. The van der Waals surface area contributed by atoms with Gasteiger partial charge in [0.1, 0.15) is 19.8 Å². The molecule has 0 aromatic carbocycles. The molecule has 10 nitrogen and oxygen atoms in total. The van der Waals surface area contributed by atoms with Crippen molar-refractivity contribution in [2.45, 2.75) is 174 Å². The number of likely N-dealkylation sites (N-methyl/N-ethyl adjacent to an activating group) is 1. The van der Waals surface area contributed by atoms with E-state index in [1.807, 2.05) is 33.3 Å². The van der Waals surface area contributed by atoms with Crippen LogP contribution >= 0.6 is 7.82 Å². The summed E-state index contributed by atoms with van der Waals surface area (Å²) < 4.78 is 34.1. The van der Waals surface area contributed by atoms with Crippen LogP contribution in [0.1, 0.15) is 168 Å². The predicted octanol–water partition coefficient (Wildman–Crippen LogP) is 10.4. The minimum absolute atomic E-state index is 0.0111. The zero-order valence-electron chi connectivity index (χ0n) is 33.8. The average Bonchev–Trinajstić information content (AvgIpc) is 3.08. The van der Waals surface area contributed by atoms with E-state index in [0.29, 0.717) is 23.9 Å². The molecule has 304 valence electrons. The average molecular weight is 759 g/mol. The molecule has 0 saturated carbocycles. The summed E-state index contributed by atoms with van der Waals surface area (Å²) in [6.07, 6.45) is 30.4. The summed E-state index contributed by atoms with van der Waals surface area (Å²) >= 11 is 0. The highest BCUT2D eigenvalue weighted by molar-refractivity contribution is 7.47. The summed E-state index contributed by atoms with van der Waals surface area (Å²) in [6.45, 7) is 4.22. The van der Waals surface area contributed by atoms with Crippen molar-refractivity contribution in [3.8, 4) is 0 Å². The van der Waals surface area contributed by atoms with Gasteiger partial charge in [-0.2, -0.15) is 0 Å². The number of hydrogen-bond donors (Lipinski definition) is 1. The number of nitrogens with zero attached hydrogens (tertiary/aromatic N) is 1. The SMILES string of the molecule is CCCCC/C=C\C=C\C(=O)CCCCCCCC(=O)O[C@H](COC(=O)CCCCCCCCCCCCCC)COP(=O)(O)OCC[N+](C)(C)C. The summed E-state index contributed by atoms with van der Waals surface area (Å²) in [6, 6.07) is 0. The lowest BCUT2D eigenvalue weighted by molar-refractivity contribution is -0.870. The van der Waals surface area contributed by atoms with E-state index >= 15 is 0 Å². The molecule has 0 fully saturated rings. The smallest absolute Gasteiger partial charge is 0.462 e. The Morgan fingerprint density at radius 3 is 1.69 bits per heavy atom. The Balaban J connectivity index is 4.49. The highest BCUT2D eigenvalue weighted by Gasteiger charge is 2.27. The first-order valence-electron chi connectivity index (χ1n) is 20.5. The van der Waals surface area contributed by atoms with Crippen molar-refractivity contribution in [3.05, 3.63) is 24.3 Å². The van der Waals surface area contributed by atoms with Crippen LogP contribution in [0.3, 0.4) is 0 Å². The minimum atomic E-state index is -4.40. The van der Waals surface area contributed by atoms with E-state index < -0.39 is 32.5 Å². The van der Waals surface area contributed by atoms with Gasteiger partial charge in [-0.3, -0.25) is 23.4 Å². The van der Waals surface area contributed by atoms with Crippen molar-refractivity contribution < 1.29 is 46.8 Å². The minimum Gasteiger partial charge on any atom is -0.462 e. The normalized spacial score (nSPS) is 13.8. The number of hydrogen-bond acceptors (Lipinski definition) is 8. The molecule has 0 saturated heterocycles. The third kappa shape index (κ3) is 36.5. The number of ketones is 1. The molecule has 0 bridgehead atoms. The van der Waals surface area contributed by atoms with Gasteiger partial charge in [0.15, 0.2) is 11.9 Å². The zero-order valence-corrected chi connectivity index (χ0v) is 34.7. The predicted molar refractivity (Wildman–Crippen MR) is 211 cm³/mol. The lowest BCUT2D eigenvalue weighted by Gasteiger charge is -2.24. The third-order valence-electron chi connectivity index (χ3n) is 8.71. The van der Waals surface area contributed by atoms with Gasteiger partial charge in [0.25, 0.3) is 0 Å². The van der Waals surface area contributed by atoms with Gasteiger partial charge in [0.2, 0.25) is 0 Å². The summed E-state index contributed by atoms with van der Waals surface area (Å²) in [5.41, 5.74) is 0. The second kappa shape index (κ2) is 33.7. The van der Waals surface area contributed by atoms with Crippen molar-refractivity contribution in [1.82, 2.24) is 0 Å². The molecule has 2 atom stereocenters. The van der Waals surface area contributed by atoms with E-state index in [1.54, 1.807) is 6.08 Å². The first-order chi connectivity index (χ1) is 24.9. The first kappa shape index (κ1) is 50.2. The van der Waals surface area contributed by atoms with Gasteiger partial charge in [-0.1, -0.05) is 135 Å². The van der Waals surface area contributed by atoms with E-state index in [9.17, 15) is 23.8 Å². The van der Waals surface area contributed by atoms with E-state index in [0.717, 1.165) is 51.4 Å². The Morgan fingerprint density at radius 2 is 1.13 bits per heavy atom. The topological polar surface area (TPSA) is 125 Å². The molecule has 1 N–H and O–H groups in total. The third-order valence-corrected chi connectivity index (χ3v) is 9.69. The lowest BCUT2D eigenvalue weighted by atomic mass is 10.0. The quantitative estimate of drug-likeness (QED) is 0.0165. The molecule has 0 radical (unpaired) electrons. The van der Waals surface area contributed by atoms with Gasteiger partial charge in [0, 0.05) is 19.3 Å². The van der Waals surface area contributed by atoms with Crippen molar-refractivity contribution in [2.75, 3.05) is 47.5 Å². The number of carbonyl (C=O) groups excluding carboxylic acids is 3. The molecule has 0 aromatic rings. The van der Waals surface area contributed by atoms with E-state index in [1.165, 1.54) is 77.0 Å². The van der Waals surface area contributed by atoms with Gasteiger partial charge >= 0.3 is 19.8 Å². The Bertz CT molecular complexity index is 1010.